The van der Waals surface area contributed by atoms with E-state index in [2.05, 4.69) is 5.32 Å². The molecule has 1 amide bonds. The topological polar surface area (TPSA) is 75.7 Å². The van der Waals surface area contributed by atoms with E-state index < -0.39 is 33.3 Å². The second-order valence-corrected chi connectivity index (χ2v) is 7.94. The molecule has 148 valence electrons. The molecule has 6 nitrogen and oxygen atoms in total. The number of sulfonamides is 1. The molecule has 0 radical (unpaired) electrons. The van der Waals surface area contributed by atoms with E-state index in [1.807, 2.05) is 0 Å². The van der Waals surface area contributed by atoms with Crippen LogP contribution < -0.4 is 5.32 Å². The van der Waals surface area contributed by atoms with Gasteiger partial charge in [-0.1, -0.05) is 18.2 Å². The quantitative estimate of drug-likeness (QED) is 0.772. The highest BCUT2D eigenvalue weighted by molar-refractivity contribution is 7.89. The lowest BCUT2D eigenvalue weighted by Crippen LogP contribution is -2.40. The average Bonchev–Trinajstić information content (AvgIpc) is 2.70. The maximum absolute atomic E-state index is 13.5. The molecule has 1 fully saturated rings. The first-order chi connectivity index (χ1) is 13.4. The summed E-state index contributed by atoms with van der Waals surface area (Å²) in [5, 5.41) is 2.14. The second kappa shape index (κ2) is 8.59. The highest BCUT2D eigenvalue weighted by Crippen LogP contribution is 2.19. The molecule has 2 aromatic rings. The van der Waals surface area contributed by atoms with Crippen molar-refractivity contribution < 1.29 is 26.7 Å². The summed E-state index contributed by atoms with van der Waals surface area (Å²) in [7, 11) is -3.59. The normalized spacial score (nSPS) is 15.6. The molecule has 1 saturated heterocycles. The Morgan fingerprint density at radius 2 is 1.64 bits per heavy atom. The summed E-state index contributed by atoms with van der Waals surface area (Å²) in [6, 6.07) is 9.24. The molecular weight excluding hydrogens is 390 g/mol. The van der Waals surface area contributed by atoms with Gasteiger partial charge in [0.1, 0.15) is 17.3 Å². The fourth-order valence-electron chi connectivity index (χ4n) is 2.64. The number of morpholine rings is 1. The van der Waals surface area contributed by atoms with Gasteiger partial charge in [-0.15, -0.1) is 0 Å². The zero-order chi connectivity index (χ0) is 20.1. The van der Waals surface area contributed by atoms with E-state index in [0.29, 0.717) is 31.9 Å². The third-order valence-electron chi connectivity index (χ3n) is 4.13. The van der Waals surface area contributed by atoms with E-state index in [0.717, 1.165) is 18.2 Å². The maximum Gasteiger partial charge on any atom is 0.248 e. The number of hydrogen-bond donors (Lipinski definition) is 1. The fraction of sp³-hybridized carbons (Fsp3) is 0.211. The van der Waals surface area contributed by atoms with Gasteiger partial charge in [-0.3, -0.25) is 4.79 Å². The summed E-state index contributed by atoms with van der Waals surface area (Å²) < 4.78 is 58.7. The standard InChI is InChI=1S/C19H18F2N2O4S/c20-16-2-1-3-17(21)19(16)22-18(24)9-6-14-4-7-15(8-5-14)28(25,26)23-10-12-27-13-11-23/h1-9H,10-13H2,(H,22,24)/b9-6+. The van der Waals surface area contributed by atoms with E-state index in [9.17, 15) is 22.0 Å². The van der Waals surface area contributed by atoms with Crippen LogP contribution in [-0.4, -0.2) is 44.9 Å². The van der Waals surface area contributed by atoms with E-state index in [4.69, 9.17) is 4.74 Å². The summed E-state index contributed by atoms with van der Waals surface area (Å²) in [6.07, 6.45) is 2.52. The van der Waals surface area contributed by atoms with Crippen molar-refractivity contribution in [2.75, 3.05) is 31.6 Å². The monoisotopic (exact) mass is 408 g/mol. The first-order valence-electron chi connectivity index (χ1n) is 8.49. The highest BCUT2D eigenvalue weighted by atomic mass is 32.2. The molecule has 0 bridgehead atoms. The maximum atomic E-state index is 13.5. The molecule has 0 unspecified atom stereocenters. The highest BCUT2D eigenvalue weighted by Gasteiger charge is 2.25. The molecule has 0 aliphatic carbocycles. The summed E-state index contributed by atoms with van der Waals surface area (Å²) in [6.45, 7) is 1.32. The van der Waals surface area contributed by atoms with Crippen molar-refractivity contribution in [3.8, 4) is 0 Å². The van der Waals surface area contributed by atoms with Gasteiger partial charge in [-0.25, -0.2) is 17.2 Å². The molecular formula is C19H18F2N2O4S. The van der Waals surface area contributed by atoms with Gasteiger partial charge in [0.05, 0.1) is 18.1 Å². The van der Waals surface area contributed by atoms with Crippen molar-refractivity contribution in [1.29, 1.82) is 0 Å². The summed E-state index contributed by atoms with van der Waals surface area (Å²) in [5.41, 5.74) is 0.0363. The fourth-order valence-corrected chi connectivity index (χ4v) is 4.05. The van der Waals surface area contributed by atoms with Crippen molar-refractivity contribution in [1.82, 2.24) is 4.31 Å². The van der Waals surface area contributed by atoms with Crippen LogP contribution in [0.25, 0.3) is 6.08 Å². The third kappa shape index (κ3) is 4.61. The number of para-hydroxylation sites is 1. The number of nitrogens with zero attached hydrogens (tertiary/aromatic N) is 1. The van der Waals surface area contributed by atoms with Gasteiger partial charge < -0.3 is 10.1 Å². The largest absolute Gasteiger partial charge is 0.379 e. The third-order valence-corrected chi connectivity index (χ3v) is 6.04. The SMILES string of the molecule is O=C(/C=C/c1ccc(S(=O)(=O)N2CCOCC2)cc1)Nc1c(F)cccc1F. The minimum atomic E-state index is -3.59. The predicted molar refractivity (Wildman–Crippen MR) is 100 cm³/mol. The number of anilines is 1. The number of carbonyl (C=O) groups excluding carboxylic acids is 1. The predicted octanol–water partition coefficient (Wildman–Crippen LogP) is 2.64. The van der Waals surface area contributed by atoms with Crippen molar-refractivity contribution >= 4 is 27.7 Å². The molecule has 1 heterocycles. The van der Waals surface area contributed by atoms with Gasteiger partial charge in [0.2, 0.25) is 15.9 Å². The van der Waals surface area contributed by atoms with Crippen LogP contribution in [0.3, 0.4) is 0 Å². The summed E-state index contributed by atoms with van der Waals surface area (Å²) in [5.74, 6) is -2.46. The van der Waals surface area contributed by atoms with Crippen molar-refractivity contribution in [3.05, 3.63) is 65.7 Å². The molecule has 3 rings (SSSR count). The van der Waals surface area contributed by atoms with Crippen LogP contribution in [-0.2, 0) is 19.6 Å². The Balaban J connectivity index is 1.67. The lowest BCUT2D eigenvalue weighted by molar-refractivity contribution is -0.111. The van der Waals surface area contributed by atoms with Crippen LogP contribution >= 0.6 is 0 Å². The molecule has 1 aliphatic heterocycles. The van der Waals surface area contributed by atoms with Gasteiger partial charge in [0, 0.05) is 19.2 Å². The summed E-state index contributed by atoms with van der Waals surface area (Å²) in [4.78, 5) is 12.0. The molecule has 0 spiro atoms. The number of carbonyl (C=O) groups is 1. The summed E-state index contributed by atoms with van der Waals surface area (Å²) >= 11 is 0. The molecule has 9 heteroatoms. The van der Waals surface area contributed by atoms with Crippen molar-refractivity contribution in [3.63, 3.8) is 0 Å². The number of hydrogen-bond acceptors (Lipinski definition) is 4. The number of rotatable bonds is 5. The van der Waals surface area contributed by atoms with Gasteiger partial charge in [0.25, 0.3) is 0 Å². The minimum Gasteiger partial charge on any atom is -0.379 e. The number of nitrogens with one attached hydrogen (secondary N) is 1. The van der Waals surface area contributed by atoms with Crippen LogP contribution in [0, 0.1) is 11.6 Å². The minimum absolute atomic E-state index is 0.143. The zero-order valence-electron chi connectivity index (χ0n) is 14.8. The van der Waals surface area contributed by atoms with E-state index in [1.54, 1.807) is 12.1 Å². The molecule has 1 N–H and O–H groups in total. The molecule has 0 aromatic heterocycles. The molecule has 0 saturated carbocycles. The number of ether oxygens (including phenoxy) is 1. The van der Waals surface area contributed by atoms with Gasteiger partial charge in [-0.05, 0) is 35.9 Å². The Morgan fingerprint density at radius 3 is 2.25 bits per heavy atom. The second-order valence-electron chi connectivity index (χ2n) is 6.00. The van der Waals surface area contributed by atoms with Crippen molar-refractivity contribution in [2.45, 2.75) is 4.90 Å². The number of amides is 1. The van der Waals surface area contributed by atoms with Gasteiger partial charge >= 0.3 is 0 Å². The Bertz CT molecular complexity index is 965. The number of halogens is 2. The van der Waals surface area contributed by atoms with E-state index in [1.165, 1.54) is 28.6 Å². The first kappa shape index (κ1) is 20.1. The molecule has 0 atom stereocenters. The van der Waals surface area contributed by atoms with Crippen LogP contribution in [0.15, 0.2) is 53.4 Å². The molecule has 2 aromatic carbocycles. The van der Waals surface area contributed by atoms with E-state index >= 15 is 0 Å². The van der Waals surface area contributed by atoms with Crippen LogP contribution in [0.5, 0.6) is 0 Å². The van der Waals surface area contributed by atoms with Crippen LogP contribution in [0.1, 0.15) is 5.56 Å². The van der Waals surface area contributed by atoms with Crippen LogP contribution in [0.4, 0.5) is 14.5 Å². The zero-order valence-corrected chi connectivity index (χ0v) is 15.6. The van der Waals surface area contributed by atoms with Gasteiger partial charge in [0.15, 0.2) is 0 Å². The number of benzene rings is 2. The smallest absolute Gasteiger partial charge is 0.248 e. The average molecular weight is 408 g/mol. The lowest BCUT2D eigenvalue weighted by Gasteiger charge is -2.26. The Hall–Kier alpha value is -2.62. The van der Waals surface area contributed by atoms with Crippen LogP contribution in [0.2, 0.25) is 0 Å². The Kier molecular flexibility index (Phi) is 6.18. The molecule has 1 aliphatic rings. The first-order valence-corrected chi connectivity index (χ1v) is 9.93. The van der Waals surface area contributed by atoms with Gasteiger partial charge in [-0.2, -0.15) is 4.31 Å². The molecule has 28 heavy (non-hydrogen) atoms. The van der Waals surface area contributed by atoms with Crippen molar-refractivity contribution in [2.24, 2.45) is 0 Å². The Morgan fingerprint density at radius 1 is 1.04 bits per heavy atom. The van der Waals surface area contributed by atoms with E-state index in [-0.39, 0.29) is 4.90 Å². The lowest BCUT2D eigenvalue weighted by atomic mass is 10.2. The Labute approximate surface area is 161 Å².